The second kappa shape index (κ2) is 13.6. The van der Waals surface area contributed by atoms with Gasteiger partial charge in [0.2, 0.25) is 0 Å². The third-order valence-corrected chi connectivity index (χ3v) is 14.5. The smallest absolute Gasteiger partial charge is 0.139 e. The minimum absolute atomic E-state index is 0.808. The van der Waals surface area contributed by atoms with Gasteiger partial charge in [-0.3, -0.25) is 0 Å². The second-order valence-corrected chi connectivity index (χ2v) is 18.5. The average Bonchev–Trinajstić information content (AvgIpc) is 4.13. The minimum atomic E-state index is 0.808. The van der Waals surface area contributed by atoms with Gasteiger partial charge in [-0.2, -0.15) is 0 Å². The normalized spacial score (nSPS) is 12.3. The summed E-state index contributed by atoms with van der Waals surface area (Å²) in [4.78, 5) is 2.34. The predicted octanol–water partition coefficient (Wildman–Crippen LogP) is 19.0. The molecule has 0 N–H and O–H groups in total. The summed E-state index contributed by atoms with van der Waals surface area (Å²) in [5.41, 5.74) is 12.2. The Bertz CT molecular complexity index is 4570. The summed E-state index contributed by atoms with van der Waals surface area (Å²) in [7, 11) is 0. The van der Waals surface area contributed by atoms with Crippen LogP contribution in [0.2, 0.25) is 0 Å². The van der Waals surface area contributed by atoms with Crippen molar-refractivity contribution in [1.82, 2.24) is 0 Å². The first-order valence-corrected chi connectivity index (χ1v) is 23.3. The number of fused-ring (bicyclic) bond motifs is 16. The van der Waals surface area contributed by atoms with Gasteiger partial charge >= 0.3 is 0 Å². The number of benzene rings is 12. The number of nitrogens with zero attached hydrogens (tertiary/aromatic N) is 1. The molecule has 0 atom stereocenters. The van der Waals surface area contributed by atoms with Crippen molar-refractivity contribution in [2.75, 3.05) is 4.90 Å². The molecule has 0 spiro atoms. The van der Waals surface area contributed by atoms with Crippen LogP contribution in [0.15, 0.2) is 230 Å². The van der Waals surface area contributed by atoms with Crippen molar-refractivity contribution in [2.24, 2.45) is 0 Å². The largest absolute Gasteiger partial charge is 0.456 e. The first kappa shape index (κ1) is 36.8. The van der Waals surface area contributed by atoms with Crippen LogP contribution in [-0.2, 0) is 0 Å². The zero-order valence-corrected chi connectivity index (χ0v) is 36.8. The molecule has 0 amide bonds. The summed E-state index contributed by atoms with van der Waals surface area (Å²) in [5, 5.41) is 17.9. The summed E-state index contributed by atoms with van der Waals surface area (Å²) < 4.78 is 26.1. The Morgan fingerprint density at radius 3 is 0.928 bits per heavy atom. The number of hydrogen-bond acceptors (Lipinski definition) is 5. The van der Waals surface area contributed by atoms with E-state index in [-0.39, 0.29) is 0 Å². The SMILES string of the molecule is c1ccc(-c2ccc(N(c3ccc4cc5c(cc4c3)oc3cc4oc6cc7ccccc7cc6c4cc35)c3ccc4cc5c(cc4c3)oc3cc4oc6cc7ccccc7cc6c4cc35)cc2)cc1. The van der Waals surface area contributed by atoms with Crippen LogP contribution in [0.25, 0.3) is 142 Å². The quantitative estimate of drug-likeness (QED) is 0.176. The molecule has 320 valence electrons. The molecule has 0 aliphatic rings. The van der Waals surface area contributed by atoms with Crippen molar-refractivity contribution in [3.63, 3.8) is 0 Å². The van der Waals surface area contributed by atoms with E-state index in [0.29, 0.717) is 0 Å². The van der Waals surface area contributed by atoms with Crippen molar-refractivity contribution in [3.05, 3.63) is 212 Å². The van der Waals surface area contributed by atoms with E-state index < -0.39 is 0 Å². The molecule has 5 nitrogen and oxygen atoms in total. The summed E-state index contributed by atoms with van der Waals surface area (Å²) in [6.07, 6.45) is 0. The fourth-order valence-electron chi connectivity index (χ4n) is 11.1. The summed E-state index contributed by atoms with van der Waals surface area (Å²) in [5.74, 6) is 0. The molecule has 5 heteroatoms. The highest BCUT2D eigenvalue weighted by atomic mass is 16.3. The first-order chi connectivity index (χ1) is 34.1. The second-order valence-electron chi connectivity index (χ2n) is 18.5. The van der Waals surface area contributed by atoms with Crippen LogP contribution in [0.3, 0.4) is 0 Å². The van der Waals surface area contributed by atoms with Crippen molar-refractivity contribution < 1.29 is 17.7 Å². The molecule has 16 aromatic rings. The van der Waals surface area contributed by atoms with Gasteiger partial charge in [0.1, 0.15) is 44.7 Å². The molecule has 12 aromatic carbocycles. The van der Waals surface area contributed by atoms with Crippen molar-refractivity contribution in [3.8, 4) is 11.1 Å². The maximum Gasteiger partial charge on any atom is 0.139 e. The maximum atomic E-state index is 6.64. The minimum Gasteiger partial charge on any atom is -0.456 e. The van der Waals surface area contributed by atoms with Crippen molar-refractivity contribution in [2.45, 2.75) is 0 Å². The van der Waals surface area contributed by atoms with Crippen molar-refractivity contribution >= 4 is 148 Å². The highest BCUT2D eigenvalue weighted by Gasteiger charge is 2.20. The van der Waals surface area contributed by atoms with Crippen LogP contribution >= 0.6 is 0 Å². The van der Waals surface area contributed by atoms with E-state index in [1.165, 1.54) is 16.3 Å². The number of anilines is 3. The molecule has 0 fully saturated rings. The molecule has 0 aliphatic heterocycles. The lowest BCUT2D eigenvalue weighted by Gasteiger charge is -2.26. The fraction of sp³-hybridized carbons (Fsp3) is 0. The van der Waals surface area contributed by atoms with Gasteiger partial charge < -0.3 is 22.6 Å². The average molecular weight is 882 g/mol. The van der Waals surface area contributed by atoms with E-state index in [9.17, 15) is 0 Å². The molecular weight excluding hydrogens is 847 g/mol. The highest BCUT2D eigenvalue weighted by molar-refractivity contribution is 6.20. The molecule has 0 saturated heterocycles. The van der Waals surface area contributed by atoms with Crippen LogP contribution in [0.1, 0.15) is 0 Å². The highest BCUT2D eigenvalue weighted by Crippen LogP contribution is 2.44. The Kier molecular flexibility index (Phi) is 7.28. The number of rotatable bonds is 4. The lowest BCUT2D eigenvalue weighted by atomic mass is 10.0. The zero-order chi connectivity index (χ0) is 44.9. The summed E-state index contributed by atoms with van der Waals surface area (Å²) >= 11 is 0. The van der Waals surface area contributed by atoms with E-state index in [4.69, 9.17) is 17.7 Å². The molecule has 4 heterocycles. The molecule has 0 saturated carbocycles. The Labute approximate surface area is 392 Å². The van der Waals surface area contributed by atoms with Gasteiger partial charge in [-0.1, -0.05) is 103 Å². The van der Waals surface area contributed by atoms with Gasteiger partial charge in [-0.15, -0.1) is 0 Å². The topological polar surface area (TPSA) is 55.8 Å². The molecule has 0 radical (unpaired) electrons. The van der Waals surface area contributed by atoms with E-state index in [1.54, 1.807) is 0 Å². The first-order valence-electron chi connectivity index (χ1n) is 23.3. The third-order valence-electron chi connectivity index (χ3n) is 14.5. The molecule has 4 aromatic heterocycles. The van der Waals surface area contributed by atoms with E-state index >= 15 is 0 Å². The molecule has 0 aliphatic carbocycles. The van der Waals surface area contributed by atoms with Crippen LogP contribution in [0.5, 0.6) is 0 Å². The molecule has 0 unspecified atom stereocenters. The molecule has 69 heavy (non-hydrogen) atoms. The Morgan fingerprint density at radius 2 is 0.507 bits per heavy atom. The summed E-state index contributed by atoms with van der Waals surface area (Å²) in [6, 6.07) is 75.9. The standard InChI is InChI=1S/C64H35NO4/c1-2-8-36(9-3-1)37-14-18-46(19-15-37)65(47-20-16-42-26-51-55-32-53-49-24-38-10-4-6-12-40(38)28-57(49)66-61(53)34-63(55)68-59(51)30-44(42)22-47)48-21-17-43-27-52-56-33-54-50-25-39-11-5-7-13-41(39)29-58(50)67-62(54)35-64(56)69-60(52)31-45(43)23-48/h1-35H. The van der Waals surface area contributed by atoms with Gasteiger partial charge in [0.05, 0.1) is 0 Å². The van der Waals surface area contributed by atoms with E-state index in [0.717, 1.165) is 143 Å². The molecular formula is C64H35NO4. The van der Waals surface area contributed by atoms with Gasteiger partial charge in [0.25, 0.3) is 0 Å². The van der Waals surface area contributed by atoms with Crippen LogP contribution in [0, 0.1) is 0 Å². The number of hydrogen-bond donors (Lipinski definition) is 0. The maximum absolute atomic E-state index is 6.64. The molecule has 0 bridgehead atoms. The Hall–Kier alpha value is -9.32. The lowest BCUT2D eigenvalue weighted by Crippen LogP contribution is -2.09. The van der Waals surface area contributed by atoms with Gasteiger partial charge in [-0.05, 0) is 151 Å². The van der Waals surface area contributed by atoms with Crippen LogP contribution < -0.4 is 4.90 Å². The number of furan rings is 4. The van der Waals surface area contributed by atoms with E-state index in [1.807, 2.05) is 12.1 Å². The zero-order valence-electron chi connectivity index (χ0n) is 36.8. The van der Waals surface area contributed by atoms with Gasteiger partial charge in [0, 0.05) is 72.3 Å². The fourth-order valence-corrected chi connectivity index (χ4v) is 11.1. The third kappa shape index (κ3) is 5.53. The van der Waals surface area contributed by atoms with Gasteiger partial charge in [0.15, 0.2) is 0 Å². The van der Waals surface area contributed by atoms with Gasteiger partial charge in [-0.25, -0.2) is 0 Å². The lowest BCUT2D eigenvalue weighted by molar-refractivity contribution is 0.656. The molecule has 16 rings (SSSR count). The Morgan fingerprint density at radius 1 is 0.203 bits per heavy atom. The monoisotopic (exact) mass is 881 g/mol. The van der Waals surface area contributed by atoms with Crippen molar-refractivity contribution in [1.29, 1.82) is 0 Å². The van der Waals surface area contributed by atoms with Crippen LogP contribution in [-0.4, -0.2) is 0 Å². The predicted molar refractivity (Wildman–Crippen MR) is 286 cm³/mol. The Balaban J connectivity index is 0.829. The summed E-state index contributed by atoms with van der Waals surface area (Å²) in [6.45, 7) is 0. The van der Waals surface area contributed by atoms with E-state index in [2.05, 4.69) is 205 Å². The van der Waals surface area contributed by atoms with Crippen LogP contribution in [0.4, 0.5) is 17.1 Å².